The molecule has 0 saturated heterocycles. The molecule has 0 spiro atoms. The second-order valence-electron chi connectivity index (χ2n) is 4.59. The number of ether oxygens (including phenoxy) is 1. The minimum Gasteiger partial charge on any atom is -0.493 e. The molecule has 2 aromatic rings. The summed E-state index contributed by atoms with van der Waals surface area (Å²) >= 11 is 1.42. The Bertz CT molecular complexity index is 637. The van der Waals surface area contributed by atoms with E-state index >= 15 is 0 Å². The van der Waals surface area contributed by atoms with Crippen LogP contribution in [-0.4, -0.2) is 18.1 Å². The Labute approximate surface area is 121 Å². The van der Waals surface area contributed by atoms with Gasteiger partial charge in [0.15, 0.2) is 5.78 Å². The molecule has 0 saturated carbocycles. The van der Waals surface area contributed by atoms with Crippen LogP contribution in [0.1, 0.15) is 15.9 Å². The van der Waals surface area contributed by atoms with Crippen molar-refractivity contribution in [3.05, 3.63) is 59.4 Å². The molecule has 0 atom stereocenters. The molecule has 0 aliphatic carbocycles. The van der Waals surface area contributed by atoms with Gasteiger partial charge in [-0.25, -0.2) is 4.39 Å². The average molecular weight is 288 g/mol. The Morgan fingerprint density at radius 2 is 2.00 bits per heavy atom. The molecule has 0 bridgehead atoms. The molecular formula is C16H13FO2S. The quantitative estimate of drug-likeness (QED) is 0.633. The van der Waals surface area contributed by atoms with Crippen molar-refractivity contribution in [1.29, 1.82) is 0 Å². The van der Waals surface area contributed by atoms with Crippen molar-refractivity contribution >= 4 is 17.5 Å². The van der Waals surface area contributed by atoms with Crippen molar-refractivity contribution in [2.45, 2.75) is 11.3 Å². The normalized spacial score (nSPS) is 12.8. The molecule has 20 heavy (non-hydrogen) atoms. The van der Waals surface area contributed by atoms with Crippen LogP contribution in [-0.2, 0) is 6.42 Å². The van der Waals surface area contributed by atoms with Gasteiger partial charge in [0.25, 0.3) is 0 Å². The summed E-state index contributed by atoms with van der Waals surface area (Å²) in [6, 6.07) is 11.7. The summed E-state index contributed by atoms with van der Waals surface area (Å²) in [5.41, 5.74) is 1.81. The van der Waals surface area contributed by atoms with Gasteiger partial charge < -0.3 is 4.74 Å². The van der Waals surface area contributed by atoms with E-state index in [4.69, 9.17) is 4.74 Å². The molecule has 2 nitrogen and oxygen atoms in total. The number of halogens is 1. The van der Waals surface area contributed by atoms with Crippen molar-refractivity contribution in [2.75, 3.05) is 12.4 Å². The summed E-state index contributed by atoms with van der Waals surface area (Å²) in [5, 5.41) is 0. The third-order valence-corrected chi connectivity index (χ3v) is 4.21. The predicted octanol–water partition coefficient (Wildman–Crippen LogP) is 3.74. The first-order chi connectivity index (χ1) is 9.72. The van der Waals surface area contributed by atoms with Crippen molar-refractivity contribution in [2.24, 2.45) is 0 Å². The molecule has 3 rings (SSSR count). The van der Waals surface area contributed by atoms with Crippen LogP contribution in [0.4, 0.5) is 4.39 Å². The van der Waals surface area contributed by atoms with Crippen LogP contribution in [0.15, 0.2) is 47.4 Å². The van der Waals surface area contributed by atoms with Gasteiger partial charge in [-0.2, -0.15) is 0 Å². The monoisotopic (exact) mass is 288 g/mol. The number of Topliss-reactive ketones (excluding diaryl/α,β-unsaturated/α-hetero) is 1. The van der Waals surface area contributed by atoms with E-state index in [2.05, 4.69) is 0 Å². The smallest absolute Gasteiger partial charge is 0.173 e. The summed E-state index contributed by atoms with van der Waals surface area (Å²) < 4.78 is 18.2. The Kier molecular flexibility index (Phi) is 3.74. The highest BCUT2D eigenvalue weighted by molar-refractivity contribution is 8.00. The van der Waals surface area contributed by atoms with Crippen LogP contribution >= 0.6 is 11.8 Å². The summed E-state index contributed by atoms with van der Waals surface area (Å²) in [6.45, 7) is 0.692. The molecule has 0 amide bonds. The Hall–Kier alpha value is -1.81. The zero-order chi connectivity index (χ0) is 13.9. The molecule has 4 heteroatoms. The Morgan fingerprint density at radius 1 is 1.20 bits per heavy atom. The lowest BCUT2D eigenvalue weighted by Crippen LogP contribution is -2.02. The van der Waals surface area contributed by atoms with Crippen LogP contribution < -0.4 is 4.74 Å². The van der Waals surface area contributed by atoms with E-state index in [1.807, 2.05) is 12.1 Å². The lowest BCUT2D eigenvalue weighted by molar-refractivity contribution is 0.102. The summed E-state index contributed by atoms with van der Waals surface area (Å²) in [6.07, 6.45) is 0.863. The van der Waals surface area contributed by atoms with Gasteiger partial charge in [0.1, 0.15) is 11.6 Å². The number of carbonyl (C=O) groups is 1. The molecule has 0 fully saturated rings. The van der Waals surface area contributed by atoms with Gasteiger partial charge in [0, 0.05) is 16.9 Å². The molecule has 0 N–H and O–H groups in total. The molecule has 0 aromatic heterocycles. The van der Waals surface area contributed by atoms with E-state index in [1.54, 1.807) is 18.2 Å². The van der Waals surface area contributed by atoms with Crippen LogP contribution in [0.25, 0.3) is 0 Å². The van der Waals surface area contributed by atoms with E-state index in [0.717, 1.165) is 22.6 Å². The van der Waals surface area contributed by atoms with Crippen LogP contribution in [0.3, 0.4) is 0 Å². The van der Waals surface area contributed by atoms with Gasteiger partial charge in [-0.1, -0.05) is 0 Å². The van der Waals surface area contributed by atoms with Crippen molar-refractivity contribution in [3.63, 3.8) is 0 Å². The standard InChI is InChI=1S/C16H13FO2S/c17-13-2-4-14(5-3-13)20-10-15(18)11-1-6-16-12(9-11)7-8-19-16/h1-6,9H,7-8,10H2. The number of hydrogen-bond acceptors (Lipinski definition) is 3. The van der Waals surface area contributed by atoms with Crippen LogP contribution in [0.2, 0.25) is 0 Å². The Morgan fingerprint density at radius 3 is 2.80 bits per heavy atom. The van der Waals surface area contributed by atoms with Crippen LogP contribution in [0, 0.1) is 5.82 Å². The lowest BCUT2D eigenvalue weighted by atomic mass is 10.1. The third kappa shape index (κ3) is 2.85. The first kappa shape index (κ1) is 13.2. The number of thioether (sulfide) groups is 1. The van der Waals surface area contributed by atoms with E-state index in [1.165, 1.54) is 23.9 Å². The van der Waals surface area contributed by atoms with E-state index < -0.39 is 0 Å². The minimum absolute atomic E-state index is 0.0778. The van der Waals surface area contributed by atoms with E-state index in [9.17, 15) is 9.18 Å². The zero-order valence-corrected chi connectivity index (χ0v) is 11.6. The SMILES string of the molecule is O=C(CSc1ccc(F)cc1)c1ccc2c(c1)CCO2. The largest absolute Gasteiger partial charge is 0.493 e. The van der Waals surface area contributed by atoms with Gasteiger partial charge in [-0.05, 0) is 48.0 Å². The number of rotatable bonds is 4. The lowest BCUT2D eigenvalue weighted by Gasteiger charge is -2.04. The molecule has 0 radical (unpaired) electrons. The molecule has 1 heterocycles. The summed E-state index contributed by atoms with van der Waals surface area (Å²) in [7, 11) is 0. The van der Waals surface area contributed by atoms with Gasteiger partial charge in [0.2, 0.25) is 0 Å². The molecule has 2 aromatic carbocycles. The third-order valence-electron chi connectivity index (χ3n) is 3.19. The number of carbonyl (C=O) groups excluding carboxylic acids is 1. The highest BCUT2D eigenvalue weighted by atomic mass is 32.2. The summed E-state index contributed by atoms with van der Waals surface area (Å²) in [4.78, 5) is 13.0. The van der Waals surface area contributed by atoms with Crippen molar-refractivity contribution in [3.8, 4) is 5.75 Å². The fourth-order valence-electron chi connectivity index (χ4n) is 2.12. The molecule has 1 aliphatic heterocycles. The highest BCUT2D eigenvalue weighted by Gasteiger charge is 2.15. The van der Waals surface area contributed by atoms with Gasteiger partial charge in [-0.3, -0.25) is 4.79 Å². The summed E-state index contributed by atoms with van der Waals surface area (Å²) in [5.74, 6) is 1.05. The number of hydrogen-bond donors (Lipinski definition) is 0. The maximum Gasteiger partial charge on any atom is 0.173 e. The fraction of sp³-hybridized carbons (Fsp3) is 0.188. The average Bonchev–Trinajstić information content (AvgIpc) is 2.93. The molecular weight excluding hydrogens is 275 g/mol. The van der Waals surface area contributed by atoms with E-state index in [-0.39, 0.29) is 11.6 Å². The number of fused-ring (bicyclic) bond motifs is 1. The maximum atomic E-state index is 12.8. The van der Waals surface area contributed by atoms with Gasteiger partial charge in [0.05, 0.1) is 12.4 Å². The van der Waals surface area contributed by atoms with Crippen molar-refractivity contribution in [1.82, 2.24) is 0 Å². The second-order valence-corrected chi connectivity index (χ2v) is 5.64. The highest BCUT2D eigenvalue weighted by Crippen LogP contribution is 2.27. The van der Waals surface area contributed by atoms with Gasteiger partial charge in [-0.15, -0.1) is 11.8 Å². The maximum absolute atomic E-state index is 12.8. The predicted molar refractivity (Wildman–Crippen MR) is 77.1 cm³/mol. The molecule has 0 unspecified atom stereocenters. The fourth-order valence-corrected chi connectivity index (χ4v) is 2.92. The first-order valence-corrected chi connectivity index (χ1v) is 7.38. The second kappa shape index (κ2) is 5.67. The van der Waals surface area contributed by atoms with Crippen molar-refractivity contribution < 1.29 is 13.9 Å². The first-order valence-electron chi connectivity index (χ1n) is 6.40. The zero-order valence-electron chi connectivity index (χ0n) is 10.8. The van der Waals surface area contributed by atoms with E-state index in [0.29, 0.717) is 17.9 Å². The number of benzene rings is 2. The molecule has 1 aliphatic rings. The Balaban J connectivity index is 1.66. The minimum atomic E-state index is -0.265. The molecule has 102 valence electrons. The number of ketones is 1. The topological polar surface area (TPSA) is 26.3 Å². The van der Waals surface area contributed by atoms with Crippen LogP contribution in [0.5, 0.6) is 5.75 Å². The van der Waals surface area contributed by atoms with Gasteiger partial charge >= 0.3 is 0 Å².